The standard InChI is InChI=1S/C15H9BrClN3O4/c16-9-4-8-5-13(24-14(8)12(6-9)20(22)23)15(18)19(21)11-3-1-2-10(17)7-11/h1-7,18,21H. The van der Waals surface area contributed by atoms with Gasteiger partial charge in [-0.2, -0.15) is 0 Å². The van der Waals surface area contributed by atoms with Crippen molar-refractivity contribution in [1.29, 1.82) is 5.41 Å². The number of hydroxylamine groups is 1. The predicted molar refractivity (Wildman–Crippen MR) is 93.1 cm³/mol. The molecule has 0 atom stereocenters. The van der Waals surface area contributed by atoms with E-state index in [4.69, 9.17) is 21.4 Å². The molecule has 2 N–H and O–H groups in total. The summed E-state index contributed by atoms with van der Waals surface area (Å²) in [5.41, 5.74) is 0.0664. The maximum atomic E-state index is 11.1. The van der Waals surface area contributed by atoms with E-state index in [1.165, 1.54) is 18.2 Å². The Hall–Kier alpha value is -2.42. The van der Waals surface area contributed by atoms with Crippen molar-refractivity contribution in [2.45, 2.75) is 0 Å². The summed E-state index contributed by atoms with van der Waals surface area (Å²) in [6, 6.07) is 10.7. The number of anilines is 1. The van der Waals surface area contributed by atoms with Crippen LogP contribution in [0.3, 0.4) is 0 Å². The Morgan fingerprint density at radius 3 is 2.75 bits per heavy atom. The normalized spacial score (nSPS) is 10.8. The van der Waals surface area contributed by atoms with E-state index in [2.05, 4.69) is 15.9 Å². The zero-order valence-corrected chi connectivity index (χ0v) is 14.2. The van der Waals surface area contributed by atoms with Gasteiger partial charge in [-0.25, -0.2) is 5.06 Å². The fraction of sp³-hybridized carbons (Fsp3) is 0. The van der Waals surface area contributed by atoms with Crippen LogP contribution in [-0.2, 0) is 0 Å². The van der Waals surface area contributed by atoms with Gasteiger partial charge in [0.2, 0.25) is 5.58 Å². The molecule has 9 heteroatoms. The van der Waals surface area contributed by atoms with E-state index < -0.39 is 4.92 Å². The second kappa shape index (κ2) is 6.23. The molecule has 0 radical (unpaired) electrons. The number of hydrogen-bond donors (Lipinski definition) is 2. The molecular weight excluding hydrogens is 402 g/mol. The van der Waals surface area contributed by atoms with Crippen LogP contribution < -0.4 is 5.06 Å². The lowest BCUT2D eigenvalue weighted by molar-refractivity contribution is -0.383. The maximum Gasteiger partial charge on any atom is 0.313 e. The fourth-order valence-corrected chi connectivity index (χ4v) is 2.84. The summed E-state index contributed by atoms with van der Waals surface area (Å²) in [5, 5.41) is 30.8. The highest BCUT2D eigenvalue weighted by Crippen LogP contribution is 2.33. The predicted octanol–water partition coefficient (Wildman–Crippen LogP) is 4.98. The molecule has 0 spiro atoms. The van der Waals surface area contributed by atoms with E-state index >= 15 is 0 Å². The molecule has 0 aliphatic rings. The lowest BCUT2D eigenvalue weighted by atomic mass is 10.2. The molecule has 0 fully saturated rings. The number of nitro groups is 1. The molecule has 0 amide bonds. The fourth-order valence-electron chi connectivity index (χ4n) is 2.19. The molecule has 0 bridgehead atoms. The van der Waals surface area contributed by atoms with Crippen LogP contribution in [0.25, 0.3) is 11.0 Å². The first-order valence-electron chi connectivity index (χ1n) is 6.58. The van der Waals surface area contributed by atoms with Crippen molar-refractivity contribution in [3.8, 4) is 0 Å². The summed E-state index contributed by atoms with van der Waals surface area (Å²) in [7, 11) is 0. The Balaban J connectivity index is 2.04. The van der Waals surface area contributed by atoms with Crippen molar-refractivity contribution in [3.05, 3.63) is 67.8 Å². The van der Waals surface area contributed by atoms with Gasteiger partial charge in [0, 0.05) is 20.9 Å². The topological polar surface area (TPSA) is 104 Å². The number of benzene rings is 2. The number of nitrogens with zero attached hydrogens (tertiary/aromatic N) is 2. The highest BCUT2D eigenvalue weighted by atomic mass is 79.9. The van der Waals surface area contributed by atoms with Crippen molar-refractivity contribution in [2.24, 2.45) is 0 Å². The van der Waals surface area contributed by atoms with Crippen LogP contribution in [0.4, 0.5) is 11.4 Å². The largest absolute Gasteiger partial charge is 0.445 e. The van der Waals surface area contributed by atoms with E-state index in [1.54, 1.807) is 24.3 Å². The van der Waals surface area contributed by atoms with Gasteiger partial charge in [-0.3, -0.25) is 20.7 Å². The number of nitrogens with one attached hydrogen (secondary N) is 1. The molecule has 1 heterocycles. The average molecular weight is 411 g/mol. The number of nitro benzene ring substituents is 1. The third-order valence-electron chi connectivity index (χ3n) is 3.26. The molecule has 0 aliphatic heterocycles. The highest BCUT2D eigenvalue weighted by molar-refractivity contribution is 9.10. The third kappa shape index (κ3) is 2.99. The quantitative estimate of drug-likeness (QED) is 0.274. The summed E-state index contributed by atoms with van der Waals surface area (Å²) >= 11 is 9.06. The van der Waals surface area contributed by atoms with Gasteiger partial charge in [-0.05, 0) is 30.3 Å². The molecule has 0 aliphatic carbocycles. The van der Waals surface area contributed by atoms with Crippen molar-refractivity contribution >= 4 is 55.7 Å². The SMILES string of the molecule is N=C(c1cc2cc(Br)cc([N+](=O)[O-])c2o1)N(O)c1cccc(Cl)c1. The number of amidine groups is 1. The van der Waals surface area contributed by atoms with Crippen LogP contribution in [0.1, 0.15) is 5.76 Å². The third-order valence-corrected chi connectivity index (χ3v) is 3.95. The summed E-state index contributed by atoms with van der Waals surface area (Å²) in [5.74, 6) is -0.396. The summed E-state index contributed by atoms with van der Waals surface area (Å²) in [6.07, 6.45) is 0. The van der Waals surface area contributed by atoms with Gasteiger partial charge in [-0.1, -0.05) is 33.6 Å². The highest BCUT2D eigenvalue weighted by Gasteiger charge is 2.22. The molecule has 1 aromatic heterocycles. The Morgan fingerprint density at radius 2 is 2.08 bits per heavy atom. The molecule has 122 valence electrons. The minimum absolute atomic E-state index is 0.0197. The summed E-state index contributed by atoms with van der Waals surface area (Å²) in [6.45, 7) is 0. The first-order chi connectivity index (χ1) is 11.4. The molecule has 3 aromatic rings. The number of rotatable bonds is 3. The van der Waals surface area contributed by atoms with Crippen LogP contribution in [0.2, 0.25) is 5.02 Å². The minimum Gasteiger partial charge on any atom is -0.445 e. The lowest BCUT2D eigenvalue weighted by Crippen LogP contribution is -2.26. The van der Waals surface area contributed by atoms with Gasteiger partial charge in [-0.15, -0.1) is 0 Å². The molecule has 2 aromatic carbocycles. The lowest BCUT2D eigenvalue weighted by Gasteiger charge is -2.15. The van der Waals surface area contributed by atoms with Crippen molar-refractivity contribution in [1.82, 2.24) is 0 Å². The monoisotopic (exact) mass is 409 g/mol. The van der Waals surface area contributed by atoms with Gasteiger partial charge in [0.15, 0.2) is 11.6 Å². The smallest absolute Gasteiger partial charge is 0.313 e. The zero-order valence-electron chi connectivity index (χ0n) is 11.9. The van der Waals surface area contributed by atoms with Gasteiger partial charge >= 0.3 is 5.69 Å². The first-order valence-corrected chi connectivity index (χ1v) is 7.75. The summed E-state index contributed by atoms with van der Waals surface area (Å²) < 4.78 is 5.94. The van der Waals surface area contributed by atoms with E-state index in [0.717, 1.165) is 0 Å². The first kappa shape index (κ1) is 16.4. The number of hydrogen-bond acceptors (Lipinski definition) is 5. The Labute approximate surface area is 148 Å². The molecule has 0 saturated carbocycles. The molecule has 24 heavy (non-hydrogen) atoms. The van der Waals surface area contributed by atoms with E-state index in [1.807, 2.05) is 0 Å². The second-order valence-corrected chi connectivity index (χ2v) is 6.20. The Morgan fingerprint density at radius 1 is 1.33 bits per heavy atom. The Kier molecular flexibility index (Phi) is 4.27. The van der Waals surface area contributed by atoms with Crippen LogP contribution in [0.5, 0.6) is 0 Å². The van der Waals surface area contributed by atoms with Crippen LogP contribution in [-0.4, -0.2) is 16.0 Å². The van der Waals surface area contributed by atoms with Crippen molar-refractivity contribution < 1.29 is 14.5 Å². The van der Waals surface area contributed by atoms with Gasteiger partial charge < -0.3 is 4.42 Å². The van der Waals surface area contributed by atoms with E-state index in [0.29, 0.717) is 19.9 Å². The zero-order chi connectivity index (χ0) is 17.4. The minimum atomic E-state index is -0.572. The molecular formula is C15H9BrClN3O4. The van der Waals surface area contributed by atoms with Crippen molar-refractivity contribution in [3.63, 3.8) is 0 Å². The molecule has 7 nitrogen and oxygen atoms in total. The van der Waals surface area contributed by atoms with Crippen LogP contribution in [0, 0.1) is 15.5 Å². The molecule has 0 unspecified atom stereocenters. The average Bonchev–Trinajstić information content (AvgIpc) is 2.96. The number of halogens is 2. The van der Waals surface area contributed by atoms with Crippen LogP contribution >= 0.6 is 27.5 Å². The number of fused-ring (bicyclic) bond motifs is 1. The van der Waals surface area contributed by atoms with Crippen molar-refractivity contribution in [2.75, 3.05) is 5.06 Å². The summed E-state index contributed by atoms with van der Waals surface area (Å²) in [4.78, 5) is 10.6. The number of furan rings is 1. The maximum absolute atomic E-state index is 11.1. The van der Waals surface area contributed by atoms with Gasteiger partial charge in [0.25, 0.3) is 0 Å². The second-order valence-electron chi connectivity index (χ2n) is 4.85. The van der Waals surface area contributed by atoms with Gasteiger partial charge in [0.05, 0.1) is 10.6 Å². The Bertz CT molecular complexity index is 973. The molecule has 3 rings (SSSR count). The van der Waals surface area contributed by atoms with E-state index in [-0.39, 0.29) is 28.6 Å². The van der Waals surface area contributed by atoms with Gasteiger partial charge in [0.1, 0.15) is 0 Å². The van der Waals surface area contributed by atoms with E-state index in [9.17, 15) is 15.3 Å². The molecule has 0 saturated heterocycles. The number of non-ortho nitro benzene ring substituents is 1. The van der Waals surface area contributed by atoms with Crippen LogP contribution in [0.15, 0.2) is 51.4 Å².